The number of nitrogens with one attached hydrogen (secondary N) is 1. The van der Waals surface area contributed by atoms with Gasteiger partial charge in [0.15, 0.2) is 17.4 Å². The van der Waals surface area contributed by atoms with Crippen LogP contribution >= 0.6 is 0 Å². The normalized spacial score (nSPS) is 16.2. The zero-order chi connectivity index (χ0) is 32.2. The number of aromatic nitrogens is 3. The van der Waals surface area contributed by atoms with E-state index in [1.54, 1.807) is 6.92 Å². The molecule has 0 aliphatic heterocycles. The number of methoxy groups -OCH3 is 2. The fourth-order valence-corrected chi connectivity index (χ4v) is 4.74. The zero-order valence-corrected chi connectivity index (χ0v) is 19.9. The number of aromatic carboxylic acids is 1. The van der Waals surface area contributed by atoms with E-state index in [2.05, 4.69) is 10.2 Å². The number of aromatic amines is 1. The molecule has 0 bridgehead atoms. The lowest BCUT2D eigenvalue weighted by atomic mass is 9.89. The van der Waals surface area contributed by atoms with Crippen LogP contribution in [0.15, 0.2) is 54.7 Å². The van der Waals surface area contributed by atoms with Gasteiger partial charge in [0.1, 0.15) is 11.1 Å². The Morgan fingerprint density at radius 1 is 1.18 bits per heavy atom. The van der Waals surface area contributed by atoms with Crippen molar-refractivity contribution in [1.82, 2.24) is 14.8 Å². The van der Waals surface area contributed by atoms with Gasteiger partial charge in [-0.15, -0.1) is 0 Å². The van der Waals surface area contributed by atoms with E-state index in [-0.39, 0.29) is 50.9 Å². The Balaban J connectivity index is 1.95. The predicted octanol–water partition coefficient (Wildman–Crippen LogP) is 5.40. The molecule has 1 atom stereocenters. The van der Waals surface area contributed by atoms with Crippen molar-refractivity contribution in [2.45, 2.75) is 18.9 Å². The Hall–Kier alpha value is -4.28. The third-order valence-corrected chi connectivity index (χ3v) is 6.65. The van der Waals surface area contributed by atoms with Gasteiger partial charge in [0.2, 0.25) is 0 Å². The molecule has 0 saturated carbocycles. The van der Waals surface area contributed by atoms with Gasteiger partial charge in [0, 0.05) is 35.1 Å². The molecule has 0 amide bonds. The number of carbonyl (C=O) groups is 1. The molecule has 0 saturated heterocycles. The SMILES string of the molecule is [2H]C([2H])([2H])OCC(O)(CC)c1c(-c2ccc(C(=O)O)cc2)c2c(F)c3[nH]ncc3cc2n1-c1ccc(F)c(OC([2H])([2H])[2H])c1. The number of ether oxygens (including phenoxy) is 2. The summed E-state index contributed by atoms with van der Waals surface area (Å²) in [5.41, 5.74) is -1.87. The summed E-state index contributed by atoms with van der Waals surface area (Å²) in [6, 6.07) is 10.1. The number of nitrogens with zero attached hydrogens (tertiary/aromatic N) is 2. The van der Waals surface area contributed by atoms with Gasteiger partial charge in [-0.3, -0.25) is 5.10 Å². The molecule has 0 spiro atoms. The van der Waals surface area contributed by atoms with Crippen molar-refractivity contribution in [2.24, 2.45) is 0 Å². The van der Waals surface area contributed by atoms with Crippen molar-refractivity contribution < 1.29 is 41.5 Å². The van der Waals surface area contributed by atoms with Crippen LogP contribution in [0.3, 0.4) is 0 Å². The Labute approximate surface area is 224 Å². The van der Waals surface area contributed by atoms with Crippen LogP contribution in [0.25, 0.3) is 38.6 Å². The van der Waals surface area contributed by atoms with E-state index in [1.807, 2.05) is 0 Å². The maximum absolute atomic E-state index is 16.5. The number of halogens is 2. The van der Waals surface area contributed by atoms with E-state index in [4.69, 9.17) is 17.7 Å². The average Bonchev–Trinajstić information content (AvgIpc) is 3.56. The number of carboxylic acid groups (broad SMARTS) is 1. The highest BCUT2D eigenvalue weighted by atomic mass is 19.1. The van der Waals surface area contributed by atoms with Crippen molar-refractivity contribution in [3.8, 4) is 22.6 Å². The van der Waals surface area contributed by atoms with Gasteiger partial charge in [-0.25, -0.2) is 13.6 Å². The van der Waals surface area contributed by atoms with Crippen LogP contribution in [0, 0.1) is 11.6 Å². The van der Waals surface area contributed by atoms with Gasteiger partial charge >= 0.3 is 5.97 Å². The summed E-state index contributed by atoms with van der Waals surface area (Å²) in [5.74, 6) is -3.68. The lowest BCUT2D eigenvalue weighted by Crippen LogP contribution is -2.33. The molecule has 2 heterocycles. The predicted molar refractivity (Wildman–Crippen MR) is 138 cm³/mol. The minimum atomic E-state index is -3.02. The van der Waals surface area contributed by atoms with Gasteiger partial charge in [-0.05, 0) is 42.3 Å². The molecular formula is C28H25F2N3O5. The van der Waals surface area contributed by atoms with E-state index in [0.29, 0.717) is 5.39 Å². The second kappa shape index (κ2) is 9.55. The fraction of sp³-hybridized carbons (Fsp3) is 0.214. The third-order valence-electron chi connectivity index (χ3n) is 6.65. The first-order valence-corrected chi connectivity index (χ1v) is 11.4. The summed E-state index contributed by atoms with van der Waals surface area (Å²) in [4.78, 5) is 11.6. The number of fused-ring (bicyclic) bond motifs is 2. The maximum atomic E-state index is 16.5. The van der Waals surface area contributed by atoms with Gasteiger partial charge in [-0.1, -0.05) is 19.1 Å². The molecule has 3 N–H and O–H groups in total. The first kappa shape index (κ1) is 18.9. The molecule has 0 radical (unpaired) electrons. The van der Waals surface area contributed by atoms with Crippen molar-refractivity contribution in [3.63, 3.8) is 0 Å². The molecule has 5 aromatic rings. The van der Waals surface area contributed by atoms with Gasteiger partial charge in [0.25, 0.3) is 0 Å². The van der Waals surface area contributed by atoms with Crippen molar-refractivity contribution in [1.29, 1.82) is 0 Å². The molecule has 5 rings (SSSR count). The summed E-state index contributed by atoms with van der Waals surface area (Å²) < 4.78 is 87.5. The number of rotatable bonds is 8. The molecule has 8 nitrogen and oxygen atoms in total. The number of hydrogen-bond donors (Lipinski definition) is 3. The number of hydrogen-bond acceptors (Lipinski definition) is 5. The van der Waals surface area contributed by atoms with Gasteiger partial charge < -0.3 is 24.3 Å². The molecule has 38 heavy (non-hydrogen) atoms. The van der Waals surface area contributed by atoms with E-state index in [1.165, 1.54) is 47.2 Å². The third kappa shape index (κ3) is 3.89. The number of aliphatic hydroxyl groups is 1. The van der Waals surface area contributed by atoms with Crippen LogP contribution in [-0.4, -0.2) is 51.6 Å². The van der Waals surface area contributed by atoms with E-state index in [0.717, 1.165) is 12.1 Å². The summed E-state index contributed by atoms with van der Waals surface area (Å²) in [5, 5.41) is 28.3. The van der Waals surface area contributed by atoms with Crippen molar-refractivity contribution >= 4 is 27.8 Å². The molecule has 10 heteroatoms. The monoisotopic (exact) mass is 527 g/mol. The van der Waals surface area contributed by atoms with Crippen LogP contribution < -0.4 is 4.74 Å². The van der Waals surface area contributed by atoms with Crippen molar-refractivity contribution in [2.75, 3.05) is 20.7 Å². The number of carboxylic acids is 1. The standard InChI is InChI=1S/C28H25F2N3O5/c1-4-28(36,14-37-2)26-22(15-5-7-16(8-6-15)27(34)35)23-20(11-17-13-31-32-25(17)24(23)30)33(26)18-9-10-19(29)21(12-18)38-3/h5-13,36H,4,14H2,1-3H3,(H,31,32)(H,34,35)/i2D3,3D3. The molecule has 0 aliphatic rings. The molecule has 196 valence electrons. The van der Waals surface area contributed by atoms with Crippen LogP contribution in [0.5, 0.6) is 5.75 Å². The van der Waals surface area contributed by atoms with E-state index < -0.39 is 49.6 Å². The molecule has 0 aliphatic carbocycles. The molecular weight excluding hydrogens is 496 g/mol. The maximum Gasteiger partial charge on any atom is 0.335 e. The minimum Gasteiger partial charge on any atom is -0.494 e. The second-order valence-corrected chi connectivity index (χ2v) is 8.75. The van der Waals surface area contributed by atoms with Crippen LogP contribution in [-0.2, 0) is 10.3 Å². The smallest absolute Gasteiger partial charge is 0.335 e. The van der Waals surface area contributed by atoms with Gasteiger partial charge in [-0.2, -0.15) is 5.10 Å². The summed E-state index contributed by atoms with van der Waals surface area (Å²) in [6.45, 7) is 0.748. The summed E-state index contributed by atoms with van der Waals surface area (Å²) in [6.07, 6.45) is 1.19. The Bertz CT molecular complexity index is 1890. The molecule has 3 aromatic carbocycles. The quantitative estimate of drug-likeness (QED) is 0.249. The van der Waals surface area contributed by atoms with E-state index in [9.17, 15) is 19.4 Å². The number of H-pyrrole nitrogens is 1. The highest BCUT2D eigenvalue weighted by Crippen LogP contribution is 2.46. The molecule has 0 fully saturated rings. The largest absolute Gasteiger partial charge is 0.494 e. The summed E-state index contributed by atoms with van der Waals surface area (Å²) >= 11 is 0. The second-order valence-electron chi connectivity index (χ2n) is 8.75. The van der Waals surface area contributed by atoms with Crippen molar-refractivity contribution in [3.05, 3.63) is 77.6 Å². The van der Waals surface area contributed by atoms with E-state index >= 15 is 4.39 Å². The minimum absolute atomic E-state index is 0.00826. The first-order chi connectivity index (χ1) is 20.5. The molecule has 2 aromatic heterocycles. The fourth-order valence-electron chi connectivity index (χ4n) is 4.74. The Morgan fingerprint density at radius 3 is 2.66 bits per heavy atom. The topological polar surface area (TPSA) is 110 Å². The highest BCUT2D eigenvalue weighted by Gasteiger charge is 2.38. The lowest BCUT2D eigenvalue weighted by Gasteiger charge is -2.30. The number of benzene rings is 3. The van der Waals surface area contributed by atoms with Crippen LogP contribution in [0.4, 0.5) is 8.78 Å². The average molecular weight is 528 g/mol. The first-order valence-electron chi connectivity index (χ1n) is 14.4. The Kier molecular flexibility index (Phi) is 4.75. The lowest BCUT2D eigenvalue weighted by molar-refractivity contribution is -0.0422. The highest BCUT2D eigenvalue weighted by molar-refractivity contribution is 6.06. The molecule has 1 unspecified atom stereocenters. The zero-order valence-electron chi connectivity index (χ0n) is 25.9. The van der Waals surface area contributed by atoms with Crippen LogP contribution in [0.2, 0.25) is 0 Å². The van der Waals surface area contributed by atoms with Gasteiger partial charge in [0.05, 0.1) is 44.8 Å². The summed E-state index contributed by atoms with van der Waals surface area (Å²) in [7, 11) is -5.95. The van der Waals surface area contributed by atoms with Crippen LogP contribution in [0.1, 0.15) is 37.6 Å². The Morgan fingerprint density at radius 2 is 1.97 bits per heavy atom.